The molecule has 1 N–H and O–H groups in total. The Bertz CT molecular complexity index is 1170. The molecule has 1 saturated heterocycles. The molecule has 1 aromatic heterocycles. The Morgan fingerprint density at radius 2 is 1.90 bits per heavy atom. The number of aliphatic hydroxyl groups is 1. The van der Waals surface area contributed by atoms with Crippen LogP contribution in [0.5, 0.6) is 5.75 Å². The number of hydrogen-bond donors (Lipinski definition) is 1. The summed E-state index contributed by atoms with van der Waals surface area (Å²) in [6, 6.07) is 14.3. The number of aryl methyl sites for hydroxylation is 1. The third-order valence-corrected chi connectivity index (χ3v) is 5.39. The minimum atomic E-state index is -0.941. The Hall–Kier alpha value is -3.51. The van der Waals surface area contributed by atoms with Crippen molar-refractivity contribution in [1.29, 1.82) is 0 Å². The van der Waals surface area contributed by atoms with Crippen LogP contribution in [0.25, 0.3) is 5.76 Å². The van der Waals surface area contributed by atoms with E-state index in [1.807, 2.05) is 19.1 Å². The lowest BCUT2D eigenvalue weighted by molar-refractivity contribution is -0.132. The summed E-state index contributed by atoms with van der Waals surface area (Å²) in [6.07, 6.45) is 1.45. The van der Waals surface area contributed by atoms with Gasteiger partial charge < -0.3 is 14.3 Å². The number of rotatable bonds is 4. The number of methoxy groups -OCH3 is 1. The summed E-state index contributed by atoms with van der Waals surface area (Å²) in [7, 11) is 1.48. The van der Waals surface area contributed by atoms with Crippen molar-refractivity contribution >= 4 is 34.7 Å². The Morgan fingerprint density at radius 3 is 2.57 bits per heavy atom. The number of nitrogens with zero attached hydrogens (tertiary/aromatic N) is 1. The van der Waals surface area contributed by atoms with E-state index in [1.165, 1.54) is 24.3 Å². The minimum absolute atomic E-state index is 0.103. The van der Waals surface area contributed by atoms with E-state index in [4.69, 9.17) is 20.8 Å². The highest BCUT2D eigenvalue weighted by atomic mass is 35.5. The summed E-state index contributed by atoms with van der Waals surface area (Å²) in [5.74, 6) is -1.18. The van der Waals surface area contributed by atoms with E-state index in [9.17, 15) is 14.7 Å². The smallest absolute Gasteiger partial charge is 0.300 e. The number of halogens is 1. The first kappa shape index (κ1) is 19.8. The van der Waals surface area contributed by atoms with Gasteiger partial charge in [0.25, 0.3) is 11.7 Å². The maximum Gasteiger partial charge on any atom is 0.300 e. The number of Topliss-reactive ketones (excluding diaryl/α,β-unsaturated/α-hetero) is 1. The molecule has 1 aliphatic rings. The molecule has 0 bridgehead atoms. The number of anilines is 1. The predicted octanol–water partition coefficient (Wildman–Crippen LogP) is 4.88. The highest BCUT2D eigenvalue weighted by Gasteiger charge is 2.48. The molecule has 1 unspecified atom stereocenters. The van der Waals surface area contributed by atoms with E-state index >= 15 is 0 Å². The standard InChI is InChI=1S/C23H18ClNO5/c1-13-6-3-4-7-17(13)25-20(18-8-5-11-30-18)19(22(27)23(25)28)21(26)15-12-14(29-2)9-10-16(15)24/h3-12,20,26H,1-2H3/b21-19-. The molecule has 2 heterocycles. The monoisotopic (exact) mass is 423 g/mol. The fourth-order valence-corrected chi connectivity index (χ4v) is 3.80. The molecule has 1 atom stereocenters. The van der Waals surface area contributed by atoms with E-state index in [-0.39, 0.29) is 16.2 Å². The van der Waals surface area contributed by atoms with Crippen molar-refractivity contribution < 1.29 is 23.8 Å². The molecule has 0 aliphatic carbocycles. The van der Waals surface area contributed by atoms with Crippen molar-refractivity contribution in [3.63, 3.8) is 0 Å². The van der Waals surface area contributed by atoms with Gasteiger partial charge in [0, 0.05) is 11.3 Å². The predicted molar refractivity (Wildman–Crippen MR) is 113 cm³/mol. The average molecular weight is 424 g/mol. The number of hydrogen-bond acceptors (Lipinski definition) is 5. The molecule has 1 aliphatic heterocycles. The van der Waals surface area contributed by atoms with Crippen LogP contribution in [0, 0.1) is 6.92 Å². The lowest BCUT2D eigenvalue weighted by atomic mass is 9.98. The van der Waals surface area contributed by atoms with Gasteiger partial charge in [0.1, 0.15) is 23.3 Å². The van der Waals surface area contributed by atoms with Gasteiger partial charge >= 0.3 is 0 Å². The van der Waals surface area contributed by atoms with Gasteiger partial charge in [-0.15, -0.1) is 0 Å². The van der Waals surface area contributed by atoms with Crippen LogP contribution >= 0.6 is 11.6 Å². The van der Waals surface area contributed by atoms with Crippen LogP contribution in [0.15, 0.2) is 70.9 Å². The summed E-state index contributed by atoms with van der Waals surface area (Å²) < 4.78 is 10.8. The molecule has 3 aromatic rings. The summed E-state index contributed by atoms with van der Waals surface area (Å²) in [4.78, 5) is 27.5. The molecule has 0 saturated carbocycles. The average Bonchev–Trinajstić information content (AvgIpc) is 3.36. The molecular formula is C23H18ClNO5. The first-order chi connectivity index (χ1) is 14.4. The number of carbonyl (C=O) groups is 2. The van der Waals surface area contributed by atoms with Crippen molar-refractivity contribution in [2.75, 3.05) is 12.0 Å². The van der Waals surface area contributed by atoms with Crippen molar-refractivity contribution in [3.8, 4) is 5.75 Å². The van der Waals surface area contributed by atoms with E-state index in [2.05, 4.69) is 0 Å². The van der Waals surface area contributed by atoms with Crippen molar-refractivity contribution in [3.05, 3.63) is 88.3 Å². The molecule has 6 nitrogen and oxygen atoms in total. The van der Waals surface area contributed by atoms with Crippen molar-refractivity contribution in [1.82, 2.24) is 0 Å². The number of furan rings is 1. The van der Waals surface area contributed by atoms with E-state index in [0.717, 1.165) is 5.56 Å². The number of para-hydroxylation sites is 1. The second-order valence-corrected chi connectivity index (χ2v) is 7.22. The normalized spacial score (nSPS) is 18.1. The van der Waals surface area contributed by atoms with Gasteiger partial charge in [0.05, 0.1) is 24.0 Å². The van der Waals surface area contributed by atoms with Gasteiger partial charge in [-0.3, -0.25) is 14.5 Å². The van der Waals surface area contributed by atoms with Crippen LogP contribution in [0.3, 0.4) is 0 Å². The lowest BCUT2D eigenvalue weighted by Crippen LogP contribution is -2.29. The Balaban J connectivity index is 1.97. The van der Waals surface area contributed by atoms with Crippen molar-refractivity contribution in [2.45, 2.75) is 13.0 Å². The van der Waals surface area contributed by atoms with Crippen LogP contribution in [-0.4, -0.2) is 23.9 Å². The number of benzene rings is 2. The summed E-state index contributed by atoms with van der Waals surface area (Å²) in [6.45, 7) is 1.84. The minimum Gasteiger partial charge on any atom is -0.507 e. The zero-order chi connectivity index (χ0) is 21.4. The number of amides is 1. The van der Waals surface area contributed by atoms with E-state index < -0.39 is 23.5 Å². The Labute approximate surface area is 177 Å². The molecule has 0 radical (unpaired) electrons. The zero-order valence-corrected chi connectivity index (χ0v) is 17.0. The maximum atomic E-state index is 13.1. The van der Waals surface area contributed by atoms with Crippen LogP contribution < -0.4 is 9.64 Å². The molecular weight excluding hydrogens is 406 g/mol. The quantitative estimate of drug-likeness (QED) is 0.367. The highest BCUT2D eigenvalue weighted by molar-refractivity contribution is 6.52. The van der Waals surface area contributed by atoms with Gasteiger partial charge in [-0.05, 0) is 48.9 Å². The Morgan fingerprint density at radius 1 is 1.13 bits per heavy atom. The molecule has 7 heteroatoms. The second-order valence-electron chi connectivity index (χ2n) is 6.82. The number of ketones is 1. The molecule has 2 aromatic carbocycles. The highest BCUT2D eigenvalue weighted by Crippen LogP contribution is 2.44. The largest absolute Gasteiger partial charge is 0.507 e. The number of ether oxygens (including phenoxy) is 1. The van der Waals surface area contributed by atoms with Gasteiger partial charge in [-0.2, -0.15) is 0 Å². The van der Waals surface area contributed by atoms with Crippen LogP contribution in [0.1, 0.15) is 22.9 Å². The summed E-state index contributed by atoms with van der Waals surface area (Å²) >= 11 is 6.28. The van der Waals surface area contributed by atoms with Crippen LogP contribution in [0.4, 0.5) is 5.69 Å². The van der Waals surface area contributed by atoms with Gasteiger partial charge in [0.15, 0.2) is 0 Å². The molecule has 1 fully saturated rings. The first-order valence-electron chi connectivity index (χ1n) is 9.18. The molecule has 4 rings (SSSR count). The second kappa shape index (κ2) is 7.72. The first-order valence-corrected chi connectivity index (χ1v) is 9.55. The van der Waals surface area contributed by atoms with Crippen molar-refractivity contribution in [2.24, 2.45) is 0 Å². The number of carbonyl (C=O) groups excluding carboxylic acids is 2. The zero-order valence-electron chi connectivity index (χ0n) is 16.3. The molecule has 0 spiro atoms. The van der Waals surface area contributed by atoms with Gasteiger partial charge in [-0.1, -0.05) is 29.8 Å². The molecule has 1 amide bonds. The lowest BCUT2D eigenvalue weighted by Gasteiger charge is -2.25. The van der Waals surface area contributed by atoms with Crippen LogP contribution in [-0.2, 0) is 9.59 Å². The van der Waals surface area contributed by atoms with E-state index in [0.29, 0.717) is 17.2 Å². The summed E-state index contributed by atoms with van der Waals surface area (Å²) in [5.41, 5.74) is 1.44. The van der Waals surface area contributed by atoms with Gasteiger partial charge in [0.2, 0.25) is 0 Å². The maximum absolute atomic E-state index is 13.1. The molecule has 30 heavy (non-hydrogen) atoms. The SMILES string of the molecule is COc1ccc(Cl)c(/C(O)=C2/C(=O)C(=O)N(c3ccccc3C)C2c2ccco2)c1. The van der Waals surface area contributed by atoms with Crippen LogP contribution in [0.2, 0.25) is 5.02 Å². The fourth-order valence-electron chi connectivity index (χ4n) is 3.59. The third kappa shape index (κ3) is 3.15. The number of aliphatic hydroxyl groups excluding tert-OH is 1. The fraction of sp³-hybridized carbons (Fsp3) is 0.130. The summed E-state index contributed by atoms with van der Waals surface area (Å²) in [5, 5.41) is 11.3. The molecule has 152 valence electrons. The van der Waals surface area contributed by atoms with E-state index in [1.54, 1.807) is 36.4 Å². The topological polar surface area (TPSA) is 80.0 Å². The Kier molecular flexibility index (Phi) is 5.10. The van der Waals surface area contributed by atoms with Gasteiger partial charge in [-0.25, -0.2) is 0 Å². The third-order valence-electron chi connectivity index (χ3n) is 5.06.